The van der Waals surface area contributed by atoms with E-state index in [4.69, 9.17) is 9.47 Å². The smallest absolute Gasteiger partial charge is 0.249 e. The quantitative estimate of drug-likeness (QED) is 0.0236. The van der Waals surface area contributed by atoms with Crippen LogP contribution in [0.4, 0.5) is 0 Å². The van der Waals surface area contributed by atoms with Crippen LogP contribution in [0.15, 0.2) is 36.5 Å². The highest BCUT2D eigenvalue weighted by molar-refractivity contribution is 5.80. The summed E-state index contributed by atoms with van der Waals surface area (Å²) in [7, 11) is 0. The zero-order valence-electron chi connectivity index (χ0n) is 33.0. The minimum absolute atomic E-state index is 0.247. The van der Waals surface area contributed by atoms with Crippen molar-refractivity contribution < 1.29 is 50.0 Å². The molecule has 53 heavy (non-hydrogen) atoms. The van der Waals surface area contributed by atoms with E-state index < -0.39 is 74.2 Å². The molecule has 0 saturated carbocycles. The SMILES string of the molecule is CCCCC/C=C\C=C/CCCCCCCCCCCC(O)C(=O)NC(COC1OC(CO)C(O)C(O)C1O)C(O)C(O)CCC/C=C/CCCCC. The lowest BCUT2D eigenvalue weighted by atomic mass is 9.98. The van der Waals surface area contributed by atoms with Crippen LogP contribution in [0.25, 0.3) is 0 Å². The zero-order valence-corrected chi connectivity index (χ0v) is 33.0. The van der Waals surface area contributed by atoms with Gasteiger partial charge >= 0.3 is 0 Å². The fraction of sp³-hybridized carbons (Fsp3) is 0.833. The van der Waals surface area contributed by atoms with Crippen molar-refractivity contribution in [1.29, 1.82) is 0 Å². The number of carbonyl (C=O) groups excluding carboxylic acids is 1. The molecule has 11 heteroatoms. The Bertz CT molecular complexity index is 960. The molecule has 1 aliphatic heterocycles. The second-order valence-corrected chi connectivity index (χ2v) is 14.7. The largest absolute Gasteiger partial charge is 0.394 e. The Balaban J connectivity index is 2.46. The van der Waals surface area contributed by atoms with Crippen molar-refractivity contribution in [1.82, 2.24) is 5.32 Å². The highest BCUT2D eigenvalue weighted by Gasteiger charge is 2.44. The minimum atomic E-state index is -1.67. The second kappa shape index (κ2) is 32.6. The fourth-order valence-electron chi connectivity index (χ4n) is 6.37. The Kier molecular flexibility index (Phi) is 30.3. The van der Waals surface area contributed by atoms with Crippen LogP contribution in [0.1, 0.15) is 155 Å². The molecule has 1 fully saturated rings. The van der Waals surface area contributed by atoms with Crippen LogP contribution in [-0.2, 0) is 14.3 Å². The van der Waals surface area contributed by atoms with E-state index in [9.17, 15) is 40.5 Å². The summed E-state index contributed by atoms with van der Waals surface area (Å²) in [6.07, 6.45) is 23.6. The number of unbranched alkanes of at least 4 members (excludes halogenated alkanes) is 16. The van der Waals surface area contributed by atoms with Crippen molar-refractivity contribution in [2.24, 2.45) is 0 Å². The first-order chi connectivity index (χ1) is 25.7. The van der Waals surface area contributed by atoms with Crippen molar-refractivity contribution in [2.45, 2.75) is 210 Å². The molecule has 0 aromatic rings. The average Bonchev–Trinajstić information content (AvgIpc) is 3.16. The first kappa shape index (κ1) is 49.3. The number of hydrogen-bond acceptors (Lipinski definition) is 10. The predicted molar refractivity (Wildman–Crippen MR) is 210 cm³/mol. The van der Waals surface area contributed by atoms with Crippen molar-refractivity contribution in [2.75, 3.05) is 13.2 Å². The lowest BCUT2D eigenvalue weighted by Gasteiger charge is -2.40. The van der Waals surface area contributed by atoms with Gasteiger partial charge in [0.25, 0.3) is 0 Å². The van der Waals surface area contributed by atoms with Gasteiger partial charge in [-0.1, -0.05) is 127 Å². The van der Waals surface area contributed by atoms with E-state index in [-0.39, 0.29) is 12.8 Å². The van der Waals surface area contributed by atoms with Crippen LogP contribution in [0.2, 0.25) is 0 Å². The summed E-state index contributed by atoms with van der Waals surface area (Å²) < 4.78 is 11.0. The van der Waals surface area contributed by atoms with Gasteiger partial charge in [0.2, 0.25) is 5.91 Å². The van der Waals surface area contributed by atoms with Gasteiger partial charge in [0, 0.05) is 0 Å². The molecule has 9 atom stereocenters. The molecule has 1 saturated heterocycles. The summed E-state index contributed by atoms with van der Waals surface area (Å²) in [6.45, 7) is 3.30. The number of aliphatic hydroxyl groups excluding tert-OH is 7. The van der Waals surface area contributed by atoms with E-state index in [1.165, 1.54) is 64.2 Å². The Hall–Kier alpha value is -1.67. The van der Waals surface area contributed by atoms with Gasteiger partial charge in [-0.2, -0.15) is 0 Å². The summed E-state index contributed by atoms with van der Waals surface area (Å²) in [5.41, 5.74) is 0. The third-order valence-corrected chi connectivity index (χ3v) is 9.94. The molecule has 1 heterocycles. The number of aliphatic hydroxyl groups is 7. The maximum atomic E-state index is 13.0. The van der Waals surface area contributed by atoms with Crippen LogP contribution in [0.5, 0.6) is 0 Å². The number of ether oxygens (including phenoxy) is 2. The van der Waals surface area contributed by atoms with Crippen molar-refractivity contribution in [3.63, 3.8) is 0 Å². The molecule has 1 rings (SSSR count). The molecule has 8 N–H and O–H groups in total. The van der Waals surface area contributed by atoms with Crippen molar-refractivity contribution in [3.8, 4) is 0 Å². The van der Waals surface area contributed by atoms with E-state index in [1.54, 1.807) is 0 Å². The summed E-state index contributed by atoms with van der Waals surface area (Å²) in [6, 6.07) is -1.18. The van der Waals surface area contributed by atoms with Crippen LogP contribution in [0.3, 0.4) is 0 Å². The molecule has 310 valence electrons. The van der Waals surface area contributed by atoms with Crippen molar-refractivity contribution >= 4 is 5.91 Å². The molecule has 0 bridgehead atoms. The van der Waals surface area contributed by atoms with E-state index >= 15 is 0 Å². The predicted octanol–water partition coefficient (Wildman–Crippen LogP) is 5.66. The molecule has 1 aliphatic rings. The number of allylic oxidation sites excluding steroid dienone is 6. The number of hydrogen-bond donors (Lipinski definition) is 8. The normalized spacial score (nSPS) is 23.2. The minimum Gasteiger partial charge on any atom is -0.394 e. The monoisotopic (exact) mass is 756 g/mol. The van der Waals surface area contributed by atoms with E-state index in [1.807, 2.05) is 0 Å². The second-order valence-electron chi connectivity index (χ2n) is 14.7. The van der Waals surface area contributed by atoms with Gasteiger partial charge in [0.05, 0.1) is 25.4 Å². The fourth-order valence-corrected chi connectivity index (χ4v) is 6.37. The Morgan fingerprint density at radius 2 is 1.17 bits per heavy atom. The molecular weight excluding hydrogens is 678 g/mol. The summed E-state index contributed by atoms with van der Waals surface area (Å²) in [5.74, 6) is -0.716. The van der Waals surface area contributed by atoms with E-state index in [2.05, 4.69) is 55.6 Å². The third-order valence-electron chi connectivity index (χ3n) is 9.94. The summed E-state index contributed by atoms with van der Waals surface area (Å²) >= 11 is 0. The number of amides is 1. The first-order valence-corrected chi connectivity index (χ1v) is 20.9. The average molecular weight is 756 g/mol. The molecule has 0 aromatic carbocycles. The molecule has 0 aliphatic carbocycles. The summed E-state index contributed by atoms with van der Waals surface area (Å²) in [5, 5.41) is 75.1. The standard InChI is InChI=1S/C42H77NO10/c1-3-5-7-9-11-13-14-15-16-17-18-19-20-21-22-24-26-28-30-35(46)41(51)43-33(32-52-42-40(50)39(49)38(48)36(31-44)53-42)37(47)34(45)29-27-25-23-12-10-8-6-4-2/h11-15,23,33-40,42,44-50H,3-10,16-22,24-32H2,1-2H3,(H,43,51)/b13-11-,15-14-,23-12+. The van der Waals surface area contributed by atoms with Gasteiger partial charge in [-0.3, -0.25) is 4.79 Å². The molecule has 0 spiro atoms. The molecule has 0 aromatic heterocycles. The van der Waals surface area contributed by atoms with Crippen LogP contribution < -0.4 is 5.32 Å². The Morgan fingerprint density at radius 3 is 1.74 bits per heavy atom. The lowest BCUT2D eigenvalue weighted by Crippen LogP contribution is -2.60. The van der Waals surface area contributed by atoms with Gasteiger partial charge < -0.3 is 50.5 Å². The van der Waals surface area contributed by atoms with Gasteiger partial charge in [-0.25, -0.2) is 0 Å². The Morgan fingerprint density at radius 1 is 0.660 bits per heavy atom. The topological polar surface area (TPSA) is 189 Å². The van der Waals surface area contributed by atoms with Crippen LogP contribution in [0, 0.1) is 0 Å². The molecule has 11 nitrogen and oxygen atoms in total. The first-order valence-electron chi connectivity index (χ1n) is 20.9. The number of carbonyl (C=O) groups is 1. The van der Waals surface area contributed by atoms with Crippen LogP contribution >= 0.6 is 0 Å². The molecular formula is C42H77NO10. The van der Waals surface area contributed by atoms with Gasteiger partial charge in [-0.05, 0) is 64.2 Å². The Labute approximate surface area is 320 Å². The van der Waals surface area contributed by atoms with Crippen molar-refractivity contribution in [3.05, 3.63) is 36.5 Å². The number of nitrogens with one attached hydrogen (secondary N) is 1. The number of rotatable bonds is 33. The zero-order chi connectivity index (χ0) is 39.1. The summed E-state index contributed by atoms with van der Waals surface area (Å²) in [4.78, 5) is 13.0. The highest BCUT2D eigenvalue weighted by Crippen LogP contribution is 2.23. The molecule has 0 radical (unpaired) electrons. The van der Waals surface area contributed by atoms with E-state index in [0.29, 0.717) is 12.8 Å². The lowest BCUT2D eigenvalue weighted by molar-refractivity contribution is -0.303. The maximum absolute atomic E-state index is 13.0. The molecule has 1 amide bonds. The molecule has 9 unspecified atom stereocenters. The van der Waals surface area contributed by atoms with Gasteiger partial charge in [0.15, 0.2) is 6.29 Å². The maximum Gasteiger partial charge on any atom is 0.249 e. The van der Waals surface area contributed by atoms with Crippen LogP contribution in [-0.4, -0.2) is 110 Å². The highest BCUT2D eigenvalue weighted by atomic mass is 16.7. The third kappa shape index (κ3) is 23.1. The van der Waals surface area contributed by atoms with E-state index in [0.717, 1.165) is 51.4 Å². The van der Waals surface area contributed by atoms with Gasteiger partial charge in [-0.15, -0.1) is 0 Å². The van der Waals surface area contributed by atoms with Gasteiger partial charge in [0.1, 0.15) is 36.6 Å².